The maximum Gasteiger partial charge on any atom is 0.416 e. The number of alkyl halides is 3. The minimum Gasteiger partial charge on any atom is -0.480 e. The fraction of sp³-hybridized carbons (Fsp3) is 0.438. The Kier molecular flexibility index (Phi) is 6.96. The molecule has 1 atom stereocenters. The largest absolute Gasteiger partial charge is 0.480 e. The highest BCUT2D eigenvalue weighted by atomic mass is 19.4. The minimum atomic E-state index is -4.72. The lowest BCUT2D eigenvalue weighted by Gasteiger charge is -2.16. The Bertz CT molecular complexity index is 659. The number of carbonyl (C=O) groups is 3. The van der Waals surface area contributed by atoms with Crippen molar-refractivity contribution in [1.29, 1.82) is 0 Å². The van der Waals surface area contributed by atoms with E-state index in [1.165, 1.54) is 0 Å². The first-order valence-corrected chi connectivity index (χ1v) is 7.58. The van der Waals surface area contributed by atoms with Crippen LogP contribution in [0.25, 0.3) is 0 Å². The minimum absolute atomic E-state index is 0.162. The first-order valence-electron chi connectivity index (χ1n) is 7.58. The molecule has 138 valence electrons. The summed E-state index contributed by atoms with van der Waals surface area (Å²) in [5, 5.41) is 13.5. The highest BCUT2D eigenvalue weighted by Crippen LogP contribution is 2.32. The highest BCUT2D eigenvalue weighted by molar-refractivity contribution is 5.98. The highest BCUT2D eigenvalue weighted by Gasteiger charge is 2.32. The summed E-state index contributed by atoms with van der Waals surface area (Å²) in [5.41, 5.74) is -1.71. The molecule has 0 aromatic heterocycles. The van der Waals surface area contributed by atoms with Crippen LogP contribution in [0.3, 0.4) is 0 Å². The maximum atomic E-state index is 13.0. The van der Waals surface area contributed by atoms with E-state index < -0.39 is 35.6 Å². The quantitative estimate of drug-likeness (QED) is 0.696. The van der Waals surface area contributed by atoms with Gasteiger partial charge >= 0.3 is 12.1 Å². The van der Waals surface area contributed by atoms with Gasteiger partial charge in [0.25, 0.3) is 5.91 Å². The Morgan fingerprint density at radius 2 is 1.84 bits per heavy atom. The summed E-state index contributed by atoms with van der Waals surface area (Å²) < 4.78 is 38.9. The van der Waals surface area contributed by atoms with Crippen molar-refractivity contribution in [2.24, 2.45) is 0 Å². The van der Waals surface area contributed by atoms with Crippen LogP contribution >= 0.6 is 0 Å². The van der Waals surface area contributed by atoms with Crippen molar-refractivity contribution in [1.82, 2.24) is 5.32 Å². The van der Waals surface area contributed by atoms with Gasteiger partial charge in [-0.1, -0.05) is 19.8 Å². The SMILES string of the molecule is CCCCC(NC(=O)c1cc(NC(C)=O)cc(C(F)(F)F)c1)C(=O)O. The molecule has 0 aliphatic heterocycles. The van der Waals surface area contributed by atoms with Gasteiger partial charge in [-0.25, -0.2) is 4.79 Å². The number of carbonyl (C=O) groups excluding carboxylic acids is 2. The van der Waals surface area contributed by atoms with Gasteiger partial charge in [0.15, 0.2) is 0 Å². The molecule has 0 radical (unpaired) electrons. The lowest BCUT2D eigenvalue weighted by molar-refractivity contribution is -0.139. The van der Waals surface area contributed by atoms with Gasteiger partial charge in [0.2, 0.25) is 5.91 Å². The number of amides is 2. The molecule has 0 saturated carbocycles. The number of halogens is 3. The predicted octanol–water partition coefficient (Wildman–Crippen LogP) is 3.04. The molecule has 1 aromatic carbocycles. The van der Waals surface area contributed by atoms with Crippen molar-refractivity contribution in [2.75, 3.05) is 5.32 Å². The van der Waals surface area contributed by atoms with E-state index in [-0.39, 0.29) is 17.7 Å². The third-order valence-corrected chi connectivity index (χ3v) is 3.29. The van der Waals surface area contributed by atoms with Crippen molar-refractivity contribution < 1.29 is 32.7 Å². The number of unbranched alkanes of at least 4 members (excludes halogenated alkanes) is 1. The first kappa shape index (κ1) is 20.5. The van der Waals surface area contributed by atoms with Gasteiger partial charge in [-0.3, -0.25) is 9.59 Å². The average Bonchev–Trinajstić information content (AvgIpc) is 2.49. The maximum absolute atomic E-state index is 13.0. The molecule has 1 unspecified atom stereocenters. The van der Waals surface area contributed by atoms with Crippen LogP contribution in [0.4, 0.5) is 18.9 Å². The summed E-state index contributed by atoms with van der Waals surface area (Å²) in [6.07, 6.45) is -3.32. The van der Waals surface area contributed by atoms with Crippen molar-refractivity contribution in [3.63, 3.8) is 0 Å². The molecule has 0 spiro atoms. The predicted molar refractivity (Wildman–Crippen MR) is 84.2 cm³/mol. The average molecular weight is 360 g/mol. The smallest absolute Gasteiger partial charge is 0.416 e. The molecular weight excluding hydrogens is 341 g/mol. The van der Waals surface area contributed by atoms with Crippen LogP contribution in [0.1, 0.15) is 49.0 Å². The van der Waals surface area contributed by atoms with Crippen LogP contribution in [0, 0.1) is 0 Å². The topological polar surface area (TPSA) is 95.5 Å². The molecule has 0 aliphatic carbocycles. The van der Waals surface area contributed by atoms with Crippen LogP contribution in [-0.4, -0.2) is 28.9 Å². The van der Waals surface area contributed by atoms with E-state index in [0.717, 1.165) is 13.0 Å². The molecule has 9 heteroatoms. The molecule has 25 heavy (non-hydrogen) atoms. The van der Waals surface area contributed by atoms with E-state index in [9.17, 15) is 27.6 Å². The van der Waals surface area contributed by atoms with Crippen LogP contribution < -0.4 is 10.6 Å². The van der Waals surface area contributed by atoms with Gasteiger partial charge in [-0.05, 0) is 24.6 Å². The molecule has 0 aliphatic rings. The van der Waals surface area contributed by atoms with Crippen molar-refractivity contribution >= 4 is 23.5 Å². The zero-order chi connectivity index (χ0) is 19.2. The molecule has 0 fully saturated rings. The van der Waals surface area contributed by atoms with E-state index >= 15 is 0 Å². The van der Waals surface area contributed by atoms with E-state index in [1.807, 2.05) is 6.92 Å². The summed E-state index contributed by atoms with van der Waals surface area (Å²) in [6.45, 7) is 2.96. The second-order valence-corrected chi connectivity index (χ2v) is 5.48. The number of nitrogens with one attached hydrogen (secondary N) is 2. The third kappa shape index (κ3) is 6.44. The Balaban J connectivity index is 3.14. The van der Waals surface area contributed by atoms with E-state index in [0.29, 0.717) is 25.0 Å². The zero-order valence-electron chi connectivity index (χ0n) is 13.7. The Labute approximate surface area is 142 Å². The van der Waals surface area contributed by atoms with Gasteiger partial charge in [-0.15, -0.1) is 0 Å². The number of carboxylic acid groups (broad SMARTS) is 1. The Morgan fingerprint density at radius 3 is 2.32 bits per heavy atom. The number of hydrogen-bond acceptors (Lipinski definition) is 3. The van der Waals surface area contributed by atoms with Crippen molar-refractivity contribution in [2.45, 2.75) is 45.3 Å². The monoisotopic (exact) mass is 360 g/mol. The number of benzene rings is 1. The third-order valence-electron chi connectivity index (χ3n) is 3.29. The summed E-state index contributed by atoms with van der Waals surface area (Å²) in [6, 6.07) is 1.17. The Morgan fingerprint density at radius 1 is 1.20 bits per heavy atom. The Hall–Kier alpha value is -2.58. The van der Waals surface area contributed by atoms with E-state index in [2.05, 4.69) is 10.6 Å². The fourth-order valence-electron chi connectivity index (χ4n) is 2.10. The van der Waals surface area contributed by atoms with Gasteiger partial charge in [-0.2, -0.15) is 13.2 Å². The molecule has 1 rings (SSSR count). The number of hydrogen-bond donors (Lipinski definition) is 3. The number of carboxylic acids is 1. The van der Waals surface area contributed by atoms with Crippen LogP contribution in [0.15, 0.2) is 18.2 Å². The van der Waals surface area contributed by atoms with E-state index in [4.69, 9.17) is 5.11 Å². The first-order chi connectivity index (χ1) is 11.5. The summed E-state index contributed by atoms with van der Waals surface area (Å²) in [5.74, 6) is -2.82. The number of anilines is 1. The molecule has 0 saturated heterocycles. The molecular formula is C16H19F3N2O4. The van der Waals surface area contributed by atoms with Crippen LogP contribution in [0.5, 0.6) is 0 Å². The standard InChI is InChI=1S/C16H19F3N2O4/c1-3-4-5-13(15(24)25)21-14(23)10-6-11(16(17,18)19)8-12(7-10)20-9(2)22/h6-8,13H,3-5H2,1-2H3,(H,20,22)(H,21,23)(H,24,25). The van der Waals surface area contributed by atoms with E-state index in [1.54, 1.807) is 0 Å². The van der Waals surface area contributed by atoms with Crippen molar-refractivity contribution in [3.05, 3.63) is 29.3 Å². The molecule has 1 aromatic rings. The zero-order valence-corrected chi connectivity index (χ0v) is 13.7. The molecule has 0 bridgehead atoms. The molecule has 0 heterocycles. The fourth-order valence-corrected chi connectivity index (χ4v) is 2.10. The lowest BCUT2D eigenvalue weighted by atomic mass is 10.1. The van der Waals surface area contributed by atoms with Crippen LogP contribution in [0.2, 0.25) is 0 Å². The number of aliphatic carboxylic acids is 1. The van der Waals surface area contributed by atoms with Crippen molar-refractivity contribution in [3.8, 4) is 0 Å². The summed E-state index contributed by atoms with van der Waals surface area (Å²) in [7, 11) is 0. The van der Waals surface area contributed by atoms with Gasteiger partial charge < -0.3 is 15.7 Å². The van der Waals surface area contributed by atoms with Gasteiger partial charge in [0, 0.05) is 18.2 Å². The second kappa shape index (κ2) is 8.50. The van der Waals surface area contributed by atoms with Gasteiger partial charge in [0.1, 0.15) is 6.04 Å². The normalized spacial score (nSPS) is 12.4. The number of rotatable bonds is 7. The summed E-state index contributed by atoms with van der Waals surface area (Å²) in [4.78, 5) is 34.4. The molecule has 2 amide bonds. The summed E-state index contributed by atoms with van der Waals surface area (Å²) >= 11 is 0. The second-order valence-electron chi connectivity index (χ2n) is 5.48. The van der Waals surface area contributed by atoms with Gasteiger partial charge in [0.05, 0.1) is 5.56 Å². The lowest BCUT2D eigenvalue weighted by Crippen LogP contribution is -2.40. The molecule has 3 N–H and O–H groups in total. The molecule has 6 nitrogen and oxygen atoms in total. The van der Waals surface area contributed by atoms with Crippen LogP contribution in [-0.2, 0) is 15.8 Å².